The number of hydrogen-bond donors (Lipinski definition) is 1. The highest BCUT2D eigenvalue weighted by Gasteiger charge is 2.24. The van der Waals surface area contributed by atoms with Crippen molar-refractivity contribution in [2.45, 2.75) is 25.7 Å². The third kappa shape index (κ3) is 4.21. The fourth-order valence-electron chi connectivity index (χ4n) is 2.86. The summed E-state index contributed by atoms with van der Waals surface area (Å²) in [7, 11) is 4.05. The minimum Gasteiger partial charge on any atom is -0.378 e. The van der Waals surface area contributed by atoms with Crippen LogP contribution in [0.2, 0.25) is 0 Å². The van der Waals surface area contributed by atoms with Crippen LogP contribution < -0.4 is 10.6 Å². The first kappa shape index (κ1) is 15.8. The quantitative estimate of drug-likeness (QED) is 0.900. The SMILES string of the molecule is CN(C)c1ccc(CC(CN)C(=O)N2CCCCC2)cc1. The molecule has 21 heavy (non-hydrogen) atoms. The minimum atomic E-state index is -0.0895. The van der Waals surface area contributed by atoms with Gasteiger partial charge in [0.15, 0.2) is 0 Å². The highest BCUT2D eigenvalue weighted by molar-refractivity contribution is 5.79. The Morgan fingerprint density at radius 1 is 1.19 bits per heavy atom. The van der Waals surface area contributed by atoms with Gasteiger partial charge in [0.2, 0.25) is 5.91 Å². The van der Waals surface area contributed by atoms with Crippen LogP contribution in [-0.4, -0.2) is 44.5 Å². The number of rotatable bonds is 5. The third-order valence-corrected chi connectivity index (χ3v) is 4.24. The van der Waals surface area contributed by atoms with Gasteiger partial charge in [-0.1, -0.05) is 12.1 Å². The van der Waals surface area contributed by atoms with Crippen LogP contribution in [0, 0.1) is 5.92 Å². The van der Waals surface area contributed by atoms with Crippen LogP contribution in [0.4, 0.5) is 5.69 Å². The first-order valence-corrected chi connectivity index (χ1v) is 7.87. The number of carbonyl (C=O) groups is 1. The molecule has 1 atom stereocenters. The molecule has 1 aromatic rings. The average molecular weight is 289 g/mol. The van der Waals surface area contributed by atoms with Gasteiger partial charge in [-0.2, -0.15) is 0 Å². The second-order valence-electron chi connectivity index (χ2n) is 6.08. The lowest BCUT2D eigenvalue weighted by Crippen LogP contribution is -2.42. The van der Waals surface area contributed by atoms with Crippen LogP contribution in [0.15, 0.2) is 24.3 Å². The first-order chi connectivity index (χ1) is 10.1. The molecule has 116 valence electrons. The molecule has 4 heteroatoms. The molecule has 0 spiro atoms. The Labute approximate surface area is 127 Å². The molecular weight excluding hydrogens is 262 g/mol. The summed E-state index contributed by atoms with van der Waals surface area (Å²) in [6.45, 7) is 2.22. The van der Waals surface area contributed by atoms with Crippen LogP contribution in [0.1, 0.15) is 24.8 Å². The van der Waals surface area contributed by atoms with Crippen molar-refractivity contribution in [1.29, 1.82) is 0 Å². The van der Waals surface area contributed by atoms with E-state index in [4.69, 9.17) is 5.73 Å². The number of nitrogens with zero attached hydrogens (tertiary/aromatic N) is 2. The average Bonchev–Trinajstić information content (AvgIpc) is 2.53. The normalized spacial score (nSPS) is 16.6. The summed E-state index contributed by atoms with van der Waals surface area (Å²) in [5.74, 6) is 0.141. The molecule has 0 bridgehead atoms. The number of benzene rings is 1. The largest absolute Gasteiger partial charge is 0.378 e. The maximum absolute atomic E-state index is 12.5. The fourth-order valence-corrected chi connectivity index (χ4v) is 2.86. The van der Waals surface area contributed by atoms with E-state index in [1.807, 2.05) is 19.0 Å². The predicted molar refractivity (Wildman–Crippen MR) is 87.4 cm³/mol. The number of nitrogens with two attached hydrogens (primary N) is 1. The zero-order valence-corrected chi connectivity index (χ0v) is 13.2. The van der Waals surface area contributed by atoms with Gasteiger partial charge in [-0.05, 0) is 43.4 Å². The Morgan fingerprint density at radius 2 is 1.81 bits per heavy atom. The zero-order chi connectivity index (χ0) is 15.2. The van der Waals surface area contributed by atoms with Crippen LogP contribution >= 0.6 is 0 Å². The van der Waals surface area contributed by atoms with E-state index in [0.717, 1.165) is 32.4 Å². The highest BCUT2D eigenvalue weighted by atomic mass is 16.2. The molecule has 1 heterocycles. The van der Waals surface area contributed by atoms with E-state index in [0.29, 0.717) is 6.54 Å². The van der Waals surface area contributed by atoms with Gasteiger partial charge in [-0.3, -0.25) is 4.79 Å². The molecule has 0 aliphatic carbocycles. The van der Waals surface area contributed by atoms with Gasteiger partial charge in [-0.25, -0.2) is 0 Å². The van der Waals surface area contributed by atoms with E-state index < -0.39 is 0 Å². The molecule has 1 fully saturated rings. The molecule has 1 saturated heterocycles. The van der Waals surface area contributed by atoms with Crippen LogP contribution in [0.3, 0.4) is 0 Å². The van der Waals surface area contributed by atoms with E-state index >= 15 is 0 Å². The maximum Gasteiger partial charge on any atom is 0.227 e. The van der Waals surface area contributed by atoms with Gasteiger partial charge in [0, 0.05) is 39.4 Å². The lowest BCUT2D eigenvalue weighted by molar-refractivity contribution is -0.136. The van der Waals surface area contributed by atoms with Gasteiger partial charge in [0.05, 0.1) is 5.92 Å². The van der Waals surface area contributed by atoms with Crippen molar-refractivity contribution < 1.29 is 4.79 Å². The molecule has 0 radical (unpaired) electrons. The molecule has 1 aliphatic heterocycles. The van der Waals surface area contributed by atoms with Gasteiger partial charge >= 0.3 is 0 Å². The second kappa shape index (κ2) is 7.46. The van der Waals surface area contributed by atoms with Crippen molar-refractivity contribution >= 4 is 11.6 Å². The minimum absolute atomic E-state index is 0.0895. The Balaban J connectivity index is 1.99. The lowest BCUT2D eigenvalue weighted by atomic mass is 9.96. The number of amides is 1. The Morgan fingerprint density at radius 3 is 2.33 bits per heavy atom. The van der Waals surface area contributed by atoms with E-state index in [1.165, 1.54) is 17.7 Å². The molecule has 2 N–H and O–H groups in total. The summed E-state index contributed by atoms with van der Waals surface area (Å²) in [4.78, 5) is 16.6. The second-order valence-corrected chi connectivity index (χ2v) is 6.08. The number of likely N-dealkylation sites (tertiary alicyclic amines) is 1. The third-order valence-electron chi connectivity index (χ3n) is 4.24. The van der Waals surface area contributed by atoms with Crippen molar-refractivity contribution in [3.63, 3.8) is 0 Å². The van der Waals surface area contributed by atoms with Gasteiger partial charge < -0.3 is 15.5 Å². The first-order valence-electron chi connectivity index (χ1n) is 7.87. The Bertz CT molecular complexity index is 450. The van der Waals surface area contributed by atoms with Crippen LogP contribution in [0.5, 0.6) is 0 Å². The summed E-state index contributed by atoms with van der Waals surface area (Å²) in [5, 5.41) is 0. The van der Waals surface area contributed by atoms with Gasteiger partial charge in [0.25, 0.3) is 0 Å². The Kier molecular flexibility index (Phi) is 5.62. The monoisotopic (exact) mass is 289 g/mol. The zero-order valence-electron chi connectivity index (χ0n) is 13.2. The topological polar surface area (TPSA) is 49.6 Å². The molecule has 4 nitrogen and oxygen atoms in total. The van der Waals surface area contributed by atoms with E-state index in [9.17, 15) is 4.79 Å². The number of carbonyl (C=O) groups excluding carboxylic acids is 1. The summed E-state index contributed by atoms with van der Waals surface area (Å²) < 4.78 is 0. The van der Waals surface area contributed by atoms with E-state index in [-0.39, 0.29) is 11.8 Å². The molecule has 1 aliphatic rings. The lowest BCUT2D eigenvalue weighted by Gasteiger charge is -2.30. The molecular formula is C17H27N3O. The molecule has 2 rings (SSSR count). The van der Waals surface area contributed by atoms with Crippen molar-refractivity contribution in [3.05, 3.63) is 29.8 Å². The summed E-state index contributed by atoms with van der Waals surface area (Å²) in [6.07, 6.45) is 4.23. The number of piperidine rings is 1. The van der Waals surface area contributed by atoms with Crippen LogP contribution in [-0.2, 0) is 11.2 Å². The van der Waals surface area contributed by atoms with Crippen molar-refractivity contribution in [3.8, 4) is 0 Å². The fraction of sp³-hybridized carbons (Fsp3) is 0.588. The smallest absolute Gasteiger partial charge is 0.227 e. The van der Waals surface area contributed by atoms with Gasteiger partial charge in [0.1, 0.15) is 0 Å². The molecule has 1 amide bonds. The van der Waals surface area contributed by atoms with Crippen molar-refractivity contribution in [1.82, 2.24) is 4.90 Å². The number of hydrogen-bond acceptors (Lipinski definition) is 3. The molecule has 0 aromatic heterocycles. The summed E-state index contributed by atoms with van der Waals surface area (Å²) >= 11 is 0. The van der Waals surface area contributed by atoms with Crippen molar-refractivity contribution in [2.24, 2.45) is 11.7 Å². The highest BCUT2D eigenvalue weighted by Crippen LogP contribution is 2.18. The summed E-state index contributed by atoms with van der Waals surface area (Å²) in [6, 6.07) is 8.38. The molecule has 0 saturated carbocycles. The van der Waals surface area contributed by atoms with E-state index in [2.05, 4.69) is 29.2 Å². The standard InChI is InChI=1S/C17H27N3O/c1-19(2)16-8-6-14(7-9-16)12-15(13-18)17(21)20-10-4-3-5-11-20/h6-9,15H,3-5,10-13,18H2,1-2H3. The Hall–Kier alpha value is -1.55. The number of anilines is 1. The molecule has 1 aromatic carbocycles. The molecule has 1 unspecified atom stereocenters. The van der Waals surface area contributed by atoms with E-state index in [1.54, 1.807) is 0 Å². The van der Waals surface area contributed by atoms with Crippen LogP contribution in [0.25, 0.3) is 0 Å². The predicted octanol–water partition coefficient (Wildman–Crippen LogP) is 1.88. The van der Waals surface area contributed by atoms with Crippen molar-refractivity contribution in [2.75, 3.05) is 38.6 Å². The van der Waals surface area contributed by atoms with Gasteiger partial charge in [-0.15, -0.1) is 0 Å². The maximum atomic E-state index is 12.5. The summed E-state index contributed by atoms with van der Waals surface area (Å²) in [5.41, 5.74) is 8.20.